The van der Waals surface area contributed by atoms with E-state index in [4.69, 9.17) is 4.74 Å². The summed E-state index contributed by atoms with van der Waals surface area (Å²) in [5, 5.41) is 3.45. The van der Waals surface area contributed by atoms with Crippen LogP contribution in [0, 0.1) is 5.41 Å². The second-order valence-electron chi connectivity index (χ2n) is 6.09. The number of aromatic nitrogens is 2. The standard InChI is InChI=1S/C14H23N3O/c1-14(2,3)12(18-4)13-16-8-10(9-17-13)7-15-11-5-6-11/h8-9,11-12,15H,5-7H2,1-4H3. The highest BCUT2D eigenvalue weighted by molar-refractivity contribution is 5.08. The number of nitrogens with zero attached hydrogens (tertiary/aromatic N) is 2. The Kier molecular flexibility index (Phi) is 3.97. The van der Waals surface area contributed by atoms with Gasteiger partial charge in [0.2, 0.25) is 0 Å². The Hall–Kier alpha value is -1.00. The molecule has 2 rings (SSSR count). The maximum Gasteiger partial charge on any atom is 0.157 e. The molecule has 1 aromatic heterocycles. The SMILES string of the molecule is COC(c1ncc(CNC2CC2)cn1)C(C)(C)C. The molecule has 0 saturated heterocycles. The van der Waals surface area contributed by atoms with E-state index in [1.54, 1.807) is 7.11 Å². The number of hydrogen-bond donors (Lipinski definition) is 1. The molecule has 0 radical (unpaired) electrons. The van der Waals surface area contributed by atoms with Crippen molar-refractivity contribution < 1.29 is 4.74 Å². The molecule has 4 nitrogen and oxygen atoms in total. The summed E-state index contributed by atoms with van der Waals surface area (Å²) >= 11 is 0. The molecule has 1 aromatic rings. The third-order valence-corrected chi connectivity index (χ3v) is 3.15. The van der Waals surface area contributed by atoms with Crippen LogP contribution in [-0.4, -0.2) is 23.1 Å². The third kappa shape index (κ3) is 3.50. The lowest BCUT2D eigenvalue weighted by Gasteiger charge is -2.27. The number of rotatable bonds is 5. The first-order chi connectivity index (χ1) is 8.50. The third-order valence-electron chi connectivity index (χ3n) is 3.15. The highest BCUT2D eigenvalue weighted by Crippen LogP contribution is 2.33. The quantitative estimate of drug-likeness (QED) is 0.870. The van der Waals surface area contributed by atoms with Crippen molar-refractivity contribution in [2.24, 2.45) is 5.41 Å². The molecular formula is C14H23N3O. The van der Waals surface area contributed by atoms with Gasteiger partial charge < -0.3 is 10.1 Å². The van der Waals surface area contributed by atoms with E-state index in [1.807, 2.05) is 12.4 Å². The Morgan fingerprint density at radius 2 is 1.94 bits per heavy atom. The topological polar surface area (TPSA) is 47.0 Å². The molecule has 100 valence electrons. The van der Waals surface area contributed by atoms with E-state index in [0.29, 0.717) is 6.04 Å². The zero-order chi connectivity index (χ0) is 13.2. The van der Waals surface area contributed by atoms with Gasteiger partial charge in [0, 0.05) is 37.7 Å². The monoisotopic (exact) mass is 249 g/mol. The molecule has 1 unspecified atom stereocenters. The Morgan fingerprint density at radius 3 is 2.39 bits per heavy atom. The van der Waals surface area contributed by atoms with Crippen LogP contribution in [0.2, 0.25) is 0 Å². The summed E-state index contributed by atoms with van der Waals surface area (Å²) in [5.74, 6) is 0.764. The van der Waals surface area contributed by atoms with E-state index >= 15 is 0 Å². The molecule has 1 aliphatic rings. The molecule has 1 N–H and O–H groups in total. The lowest BCUT2D eigenvalue weighted by atomic mass is 9.88. The number of methoxy groups -OCH3 is 1. The van der Waals surface area contributed by atoms with Crippen LogP contribution in [-0.2, 0) is 11.3 Å². The number of hydrogen-bond acceptors (Lipinski definition) is 4. The maximum absolute atomic E-state index is 5.51. The van der Waals surface area contributed by atoms with Crippen molar-refractivity contribution in [3.8, 4) is 0 Å². The molecule has 1 atom stereocenters. The van der Waals surface area contributed by atoms with Gasteiger partial charge in [-0.2, -0.15) is 0 Å². The molecule has 1 saturated carbocycles. The first kappa shape index (κ1) is 13.4. The molecular weight excluding hydrogens is 226 g/mol. The molecule has 1 fully saturated rings. The maximum atomic E-state index is 5.51. The fraction of sp³-hybridized carbons (Fsp3) is 0.714. The Bertz CT molecular complexity index is 379. The molecule has 0 spiro atoms. The summed E-state index contributed by atoms with van der Waals surface area (Å²) < 4.78 is 5.51. The van der Waals surface area contributed by atoms with E-state index < -0.39 is 0 Å². The van der Waals surface area contributed by atoms with Crippen LogP contribution in [0.25, 0.3) is 0 Å². The van der Waals surface area contributed by atoms with E-state index in [1.165, 1.54) is 12.8 Å². The largest absolute Gasteiger partial charge is 0.373 e. The summed E-state index contributed by atoms with van der Waals surface area (Å²) in [5.41, 5.74) is 1.14. The van der Waals surface area contributed by atoms with Crippen LogP contribution in [0.3, 0.4) is 0 Å². The highest BCUT2D eigenvalue weighted by Gasteiger charge is 2.28. The van der Waals surface area contributed by atoms with E-state index in [2.05, 4.69) is 36.1 Å². The Labute approximate surface area is 109 Å². The molecule has 1 aliphatic carbocycles. The highest BCUT2D eigenvalue weighted by atomic mass is 16.5. The van der Waals surface area contributed by atoms with Gasteiger partial charge in [0.05, 0.1) is 0 Å². The van der Waals surface area contributed by atoms with Crippen LogP contribution in [0.15, 0.2) is 12.4 Å². The van der Waals surface area contributed by atoms with Crippen molar-refractivity contribution in [1.29, 1.82) is 0 Å². The van der Waals surface area contributed by atoms with Crippen molar-refractivity contribution in [2.45, 2.75) is 52.3 Å². The average molecular weight is 249 g/mol. The summed E-state index contributed by atoms with van der Waals surface area (Å²) in [7, 11) is 1.71. The smallest absolute Gasteiger partial charge is 0.157 e. The molecule has 0 amide bonds. The van der Waals surface area contributed by atoms with Crippen LogP contribution in [0.4, 0.5) is 0 Å². The lowest BCUT2D eigenvalue weighted by molar-refractivity contribution is 0.00860. The van der Waals surface area contributed by atoms with Gasteiger partial charge in [0.25, 0.3) is 0 Å². The van der Waals surface area contributed by atoms with Gasteiger partial charge >= 0.3 is 0 Å². The summed E-state index contributed by atoms with van der Waals surface area (Å²) in [6.45, 7) is 7.26. The predicted molar refractivity (Wildman–Crippen MR) is 71.1 cm³/mol. The average Bonchev–Trinajstić information content (AvgIpc) is 3.11. The van der Waals surface area contributed by atoms with E-state index in [9.17, 15) is 0 Å². The van der Waals surface area contributed by atoms with Crippen LogP contribution in [0.1, 0.15) is 51.1 Å². The van der Waals surface area contributed by atoms with Crippen LogP contribution >= 0.6 is 0 Å². The van der Waals surface area contributed by atoms with Gasteiger partial charge in [0.1, 0.15) is 6.10 Å². The Balaban J connectivity index is 2.00. The van der Waals surface area contributed by atoms with Gasteiger partial charge in [-0.05, 0) is 18.3 Å². The number of ether oxygens (including phenoxy) is 1. The fourth-order valence-electron chi connectivity index (χ4n) is 1.99. The van der Waals surface area contributed by atoms with Crippen LogP contribution < -0.4 is 5.32 Å². The second kappa shape index (κ2) is 5.33. The Morgan fingerprint density at radius 1 is 1.33 bits per heavy atom. The summed E-state index contributed by atoms with van der Waals surface area (Å²) in [6, 6.07) is 0.714. The molecule has 0 aliphatic heterocycles. The first-order valence-corrected chi connectivity index (χ1v) is 6.57. The van der Waals surface area contributed by atoms with Gasteiger partial charge in [0.15, 0.2) is 5.82 Å². The van der Waals surface area contributed by atoms with Gasteiger partial charge in [-0.1, -0.05) is 20.8 Å². The molecule has 18 heavy (non-hydrogen) atoms. The molecule has 4 heteroatoms. The summed E-state index contributed by atoms with van der Waals surface area (Å²) in [4.78, 5) is 8.88. The normalized spacial score (nSPS) is 17.8. The van der Waals surface area contributed by atoms with Gasteiger partial charge in [-0.15, -0.1) is 0 Å². The van der Waals surface area contributed by atoms with Crippen molar-refractivity contribution in [2.75, 3.05) is 7.11 Å². The van der Waals surface area contributed by atoms with Crippen molar-refractivity contribution in [3.05, 3.63) is 23.8 Å². The van der Waals surface area contributed by atoms with Crippen molar-refractivity contribution in [1.82, 2.24) is 15.3 Å². The minimum Gasteiger partial charge on any atom is -0.373 e. The fourth-order valence-corrected chi connectivity index (χ4v) is 1.99. The minimum atomic E-state index is -0.0667. The first-order valence-electron chi connectivity index (χ1n) is 6.57. The molecule has 0 bridgehead atoms. The summed E-state index contributed by atoms with van der Waals surface area (Å²) in [6.07, 6.45) is 6.33. The number of nitrogens with one attached hydrogen (secondary N) is 1. The predicted octanol–water partition coefficient (Wildman–Crippen LogP) is 2.46. The van der Waals surface area contributed by atoms with Crippen molar-refractivity contribution in [3.63, 3.8) is 0 Å². The zero-order valence-electron chi connectivity index (χ0n) is 11.7. The van der Waals surface area contributed by atoms with Gasteiger partial charge in [-0.25, -0.2) is 9.97 Å². The lowest BCUT2D eigenvalue weighted by Crippen LogP contribution is -2.23. The molecule has 1 heterocycles. The van der Waals surface area contributed by atoms with E-state index in [-0.39, 0.29) is 11.5 Å². The second-order valence-corrected chi connectivity index (χ2v) is 6.09. The zero-order valence-corrected chi connectivity index (χ0v) is 11.7. The van der Waals surface area contributed by atoms with Crippen LogP contribution in [0.5, 0.6) is 0 Å². The van der Waals surface area contributed by atoms with Gasteiger partial charge in [-0.3, -0.25) is 0 Å². The minimum absolute atomic E-state index is 0.00251. The van der Waals surface area contributed by atoms with Crippen molar-refractivity contribution >= 4 is 0 Å². The van der Waals surface area contributed by atoms with E-state index in [0.717, 1.165) is 17.9 Å². The molecule has 0 aromatic carbocycles.